The van der Waals surface area contributed by atoms with Crippen molar-refractivity contribution in [1.29, 1.82) is 0 Å². The Labute approximate surface area is 198 Å². The Morgan fingerprint density at radius 1 is 0.914 bits per heavy atom. The molecule has 5 rings (SSSR count). The minimum atomic E-state index is -4.42. The van der Waals surface area contributed by atoms with Gasteiger partial charge in [0.1, 0.15) is 11.6 Å². The first-order valence-electron chi connectivity index (χ1n) is 11.0. The molecule has 0 spiro atoms. The molecule has 1 aliphatic heterocycles. The topological polar surface area (TPSA) is 61.9 Å². The van der Waals surface area contributed by atoms with Crippen molar-refractivity contribution in [2.75, 3.05) is 6.54 Å². The molecule has 5 nitrogen and oxygen atoms in total. The van der Waals surface area contributed by atoms with Crippen molar-refractivity contribution in [1.82, 2.24) is 19.9 Å². The number of alkyl halides is 3. The molecule has 1 N–H and O–H groups in total. The summed E-state index contributed by atoms with van der Waals surface area (Å²) < 4.78 is 51.7. The van der Waals surface area contributed by atoms with Gasteiger partial charge in [-0.05, 0) is 48.5 Å². The maximum atomic E-state index is 13.2. The quantitative estimate of drug-likeness (QED) is 0.407. The lowest BCUT2D eigenvalue weighted by Crippen LogP contribution is -2.35. The first-order chi connectivity index (χ1) is 16.8. The molecular formula is C26H20F4N4O. The summed E-state index contributed by atoms with van der Waals surface area (Å²) >= 11 is 0. The highest BCUT2D eigenvalue weighted by molar-refractivity contribution is 5.59. The lowest BCUT2D eigenvalue weighted by atomic mass is 10.1. The molecule has 0 atom stereocenters. The SMILES string of the molecule is O=c1[nH]c(-c2ccc(C(F)(F)F)cc2)nc2c1CN(Cc1cccc(-c3ccc(F)cc3)n1)CC2. The Morgan fingerprint density at radius 2 is 1.63 bits per heavy atom. The molecule has 3 heterocycles. The summed E-state index contributed by atoms with van der Waals surface area (Å²) in [5, 5.41) is 0. The lowest BCUT2D eigenvalue weighted by Gasteiger charge is -2.27. The average Bonchev–Trinajstić information content (AvgIpc) is 2.84. The van der Waals surface area contributed by atoms with Crippen molar-refractivity contribution in [3.05, 3.63) is 105 Å². The molecule has 0 bridgehead atoms. The molecule has 0 fully saturated rings. The molecule has 0 unspecified atom stereocenters. The number of nitrogens with one attached hydrogen (secondary N) is 1. The Hall–Kier alpha value is -3.85. The minimum Gasteiger partial charge on any atom is -0.306 e. The van der Waals surface area contributed by atoms with Crippen LogP contribution >= 0.6 is 0 Å². The van der Waals surface area contributed by atoms with Gasteiger partial charge in [0, 0.05) is 37.2 Å². The number of pyridine rings is 1. The fourth-order valence-electron chi connectivity index (χ4n) is 4.15. The standard InChI is InChI=1S/C26H20F4N4O/c27-19-10-6-16(7-11-19)22-3-1-2-20(31-22)14-34-13-12-23-21(15-34)25(35)33-24(32-23)17-4-8-18(9-5-17)26(28,29)30/h1-11H,12-15H2,(H,32,33,35). The third kappa shape index (κ3) is 5.00. The third-order valence-corrected chi connectivity index (χ3v) is 5.97. The lowest BCUT2D eigenvalue weighted by molar-refractivity contribution is -0.137. The third-order valence-electron chi connectivity index (χ3n) is 5.97. The van der Waals surface area contributed by atoms with Gasteiger partial charge in [0.2, 0.25) is 0 Å². The van der Waals surface area contributed by atoms with Crippen molar-refractivity contribution in [3.8, 4) is 22.6 Å². The summed E-state index contributed by atoms with van der Waals surface area (Å²) in [6, 6.07) is 16.4. The molecule has 2 aromatic carbocycles. The van der Waals surface area contributed by atoms with Gasteiger partial charge in [-0.25, -0.2) is 9.37 Å². The van der Waals surface area contributed by atoms with E-state index in [1.54, 1.807) is 12.1 Å². The Morgan fingerprint density at radius 3 is 2.34 bits per heavy atom. The van der Waals surface area contributed by atoms with Crippen molar-refractivity contribution < 1.29 is 17.6 Å². The molecule has 0 saturated heterocycles. The number of fused-ring (bicyclic) bond motifs is 1. The first kappa shape index (κ1) is 22.9. The number of aromatic amines is 1. The summed E-state index contributed by atoms with van der Waals surface area (Å²) in [4.78, 5) is 26.8. The second-order valence-electron chi connectivity index (χ2n) is 8.40. The summed E-state index contributed by atoms with van der Waals surface area (Å²) in [5.41, 5.74) is 2.92. The number of hydrogen-bond acceptors (Lipinski definition) is 4. The van der Waals surface area contributed by atoms with E-state index in [0.717, 1.165) is 29.1 Å². The van der Waals surface area contributed by atoms with E-state index in [9.17, 15) is 22.4 Å². The van der Waals surface area contributed by atoms with Crippen LogP contribution in [-0.2, 0) is 25.7 Å². The van der Waals surface area contributed by atoms with Crippen molar-refractivity contribution in [2.45, 2.75) is 25.7 Å². The average molecular weight is 480 g/mol. The van der Waals surface area contributed by atoms with Crippen LogP contribution in [0.25, 0.3) is 22.6 Å². The van der Waals surface area contributed by atoms with Crippen molar-refractivity contribution >= 4 is 0 Å². The Bertz CT molecular complexity index is 1410. The molecule has 35 heavy (non-hydrogen) atoms. The molecule has 0 amide bonds. The van der Waals surface area contributed by atoms with Crippen LogP contribution in [0.15, 0.2) is 71.5 Å². The fourth-order valence-corrected chi connectivity index (χ4v) is 4.15. The van der Waals surface area contributed by atoms with Gasteiger partial charge in [0.25, 0.3) is 5.56 Å². The van der Waals surface area contributed by atoms with Crippen molar-refractivity contribution in [2.24, 2.45) is 0 Å². The monoisotopic (exact) mass is 480 g/mol. The molecule has 0 radical (unpaired) electrons. The number of halogens is 4. The van der Waals surface area contributed by atoms with Gasteiger partial charge in [-0.3, -0.25) is 14.7 Å². The van der Waals surface area contributed by atoms with E-state index in [-0.39, 0.29) is 17.2 Å². The van der Waals surface area contributed by atoms with Crippen LogP contribution in [0.1, 0.15) is 22.5 Å². The number of aromatic nitrogens is 3. The molecule has 178 valence electrons. The zero-order valence-corrected chi connectivity index (χ0v) is 18.4. The normalized spacial score (nSPS) is 14.1. The molecule has 9 heteroatoms. The summed E-state index contributed by atoms with van der Waals surface area (Å²) in [5.74, 6) is -0.0539. The zero-order chi connectivity index (χ0) is 24.6. The maximum Gasteiger partial charge on any atom is 0.416 e. The largest absolute Gasteiger partial charge is 0.416 e. The molecular weight excluding hydrogens is 460 g/mol. The molecule has 0 aliphatic carbocycles. The summed E-state index contributed by atoms with van der Waals surface area (Å²) in [6.07, 6.45) is -3.89. The zero-order valence-electron chi connectivity index (χ0n) is 18.4. The van der Waals surface area contributed by atoms with Crippen molar-refractivity contribution in [3.63, 3.8) is 0 Å². The molecule has 2 aromatic heterocycles. The van der Waals surface area contributed by atoms with Gasteiger partial charge in [0.15, 0.2) is 0 Å². The predicted molar refractivity (Wildman–Crippen MR) is 123 cm³/mol. The van der Waals surface area contributed by atoms with Gasteiger partial charge in [-0.2, -0.15) is 13.2 Å². The van der Waals surface area contributed by atoms with Crippen LogP contribution in [-0.4, -0.2) is 26.4 Å². The second-order valence-corrected chi connectivity index (χ2v) is 8.40. The van der Waals surface area contributed by atoms with Crippen LogP contribution in [0.2, 0.25) is 0 Å². The van der Waals surface area contributed by atoms with E-state index < -0.39 is 11.7 Å². The van der Waals surface area contributed by atoms with E-state index in [1.165, 1.54) is 24.3 Å². The highest BCUT2D eigenvalue weighted by Crippen LogP contribution is 2.30. The predicted octanol–water partition coefficient (Wildman–Crippen LogP) is 5.22. The van der Waals surface area contributed by atoms with Crippen LogP contribution in [0.5, 0.6) is 0 Å². The summed E-state index contributed by atoms with van der Waals surface area (Å²) in [6.45, 7) is 1.56. The van der Waals surface area contributed by atoms with Gasteiger partial charge in [-0.1, -0.05) is 18.2 Å². The van der Waals surface area contributed by atoms with Gasteiger partial charge in [-0.15, -0.1) is 0 Å². The summed E-state index contributed by atoms with van der Waals surface area (Å²) in [7, 11) is 0. The van der Waals surface area contributed by atoms with Crippen LogP contribution in [0.4, 0.5) is 17.6 Å². The van der Waals surface area contributed by atoms with Gasteiger partial charge in [0.05, 0.1) is 28.2 Å². The number of hydrogen-bond donors (Lipinski definition) is 1. The highest BCUT2D eigenvalue weighted by atomic mass is 19.4. The number of rotatable bonds is 4. The molecule has 4 aromatic rings. The number of benzene rings is 2. The first-order valence-corrected chi connectivity index (χ1v) is 11.0. The van der Waals surface area contributed by atoms with E-state index in [4.69, 9.17) is 0 Å². The number of H-pyrrole nitrogens is 1. The Balaban J connectivity index is 1.33. The molecule has 0 saturated carbocycles. The minimum absolute atomic E-state index is 0.254. The van der Waals surface area contributed by atoms with Crippen LogP contribution < -0.4 is 5.56 Å². The van der Waals surface area contributed by atoms with Gasteiger partial charge < -0.3 is 4.98 Å². The van der Waals surface area contributed by atoms with Crippen LogP contribution in [0, 0.1) is 5.82 Å². The maximum absolute atomic E-state index is 13.2. The smallest absolute Gasteiger partial charge is 0.306 e. The second kappa shape index (κ2) is 9.07. The van der Waals surface area contributed by atoms with Gasteiger partial charge >= 0.3 is 6.18 Å². The van der Waals surface area contributed by atoms with Crippen LogP contribution in [0.3, 0.4) is 0 Å². The van der Waals surface area contributed by atoms with E-state index in [1.807, 2.05) is 18.2 Å². The Kier molecular flexibility index (Phi) is 5.94. The highest BCUT2D eigenvalue weighted by Gasteiger charge is 2.30. The number of nitrogens with zero attached hydrogens (tertiary/aromatic N) is 3. The van der Waals surface area contributed by atoms with E-state index in [2.05, 4.69) is 19.9 Å². The fraction of sp³-hybridized carbons (Fsp3) is 0.192. The van der Waals surface area contributed by atoms with E-state index >= 15 is 0 Å². The molecule has 1 aliphatic rings. The van der Waals surface area contributed by atoms with E-state index in [0.29, 0.717) is 42.9 Å².